The largest absolute Gasteiger partial charge is 0.461 e. The van der Waals surface area contributed by atoms with Gasteiger partial charge in [-0.15, -0.1) is 5.10 Å². The molecule has 8 heteroatoms. The number of aromatic nitrogens is 3. The first-order chi connectivity index (χ1) is 8.63. The van der Waals surface area contributed by atoms with Crippen LogP contribution in [0.1, 0.15) is 23.1 Å². The van der Waals surface area contributed by atoms with Gasteiger partial charge >= 0.3 is 5.97 Å². The summed E-state index contributed by atoms with van der Waals surface area (Å²) in [5, 5.41) is 17.1. The number of aliphatic hydroxyl groups excluding tert-OH is 1. The average Bonchev–Trinajstić information content (AvgIpc) is 2.72. The fraction of sp³-hybridized carbons (Fsp3) is 0.700. The third kappa shape index (κ3) is 3.49. The van der Waals surface area contributed by atoms with Crippen molar-refractivity contribution in [3.05, 3.63) is 11.4 Å². The highest BCUT2D eigenvalue weighted by atomic mass is 16.5. The summed E-state index contributed by atoms with van der Waals surface area (Å²) in [5.74, 6) is -0.564. The van der Waals surface area contributed by atoms with Gasteiger partial charge in [0, 0.05) is 13.7 Å². The number of hydrogen-bond acceptors (Lipinski definition) is 7. The number of nitrogens with two attached hydrogens (primary N) is 1. The summed E-state index contributed by atoms with van der Waals surface area (Å²) in [7, 11) is 1.48. The van der Waals surface area contributed by atoms with Crippen LogP contribution in [-0.2, 0) is 22.6 Å². The summed E-state index contributed by atoms with van der Waals surface area (Å²) < 4.78 is 11.0. The minimum Gasteiger partial charge on any atom is -0.461 e. The zero-order valence-corrected chi connectivity index (χ0v) is 10.5. The molecule has 1 aromatic rings. The first-order valence-corrected chi connectivity index (χ1v) is 5.60. The van der Waals surface area contributed by atoms with Crippen LogP contribution in [0.15, 0.2) is 0 Å². The summed E-state index contributed by atoms with van der Waals surface area (Å²) in [6.07, 6.45) is -0.739. The number of esters is 1. The van der Waals surface area contributed by atoms with Crippen molar-refractivity contribution in [1.29, 1.82) is 0 Å². The molecule has 3 N–H and O–H groups in total. The normalized spacial score (nSPS) is 12.4. The van der Waals surface area contributed by atoms with Gasteiger partial charge in [-0.25, -0.2) is 9.48 Å². The molecule has 1 atom stereocenters. The monoisotopic (exact) mass is 258 g/mol. The molecule has 1 heterocycles. The number of rotatable bonds is 7. The highest BCUT2D eigenvalue weighted by molar-refractivity contribution is 5.88. The molecular formula is C10H18N4O4. The first-order valence-electron chi connectivity index (χ1n) is 5.60. The van der Waals surface area contributed by atoms with E-state index in [-0.39, 0.29) is 32.0 Å². The van der Waals surface area contributed by atoms with Gasteiger partial charge < -0.3 is 20.3 Å². The van der Waals surface area contributed by atoms with Crippen molar-refractivity contribution in [2.24, 2.45) is 5.73 Å². The van der Waals surface area contributed by atoms with Crippen LogP contribution in [-0.4, -0.2) is 52.5 Å². The minimum absolute atomic E-state index is 0.0842. The van der Waals surface area contributed by atoms with Crippen molar-refractivity contribution in [3.63, 3.8) is 0 Å². The number of carbonyl (C=O) groups is 1. The Balaban J connectivity index is 2.84. The Morgan fingerprint density at radius 3 is 2.89 bits per heavy atom. The summed E-state index contributed by atoms with van der Waals surface area (Å²) in [6.45, 7) is 2.36. The number of aliphatic hydroxyl groups is 1. The maximum absolute atomic E-state index is 11.6. The van der Waals surface area contributed by atoms with E-state index >= 15 is 0 Å². The molecule has 0 radical (unpaired) electrons. The molecule has 1 aromatic heterocycles. The van der Waals surface area contributed by atoms with E-state index < -0.39 is 12.1 Å². The molecule has 0 spiro atoms. The standard InChI is InChI=1S/C10H18N4O4/c1-3-18-10(16)9-8(4-11)14(13-12-9)5-7(15)6-17-2/h7,15H,3-6,11H2,1-2H3. The molecule has 0 aliphatic rings. The van der Waals surface area contributed by atoms with Gasteiger partial charge in [-0.1, -0.05) is 5.21 Å². The van der Waals surface area contributed by atoms with Gasteiger partial charge in [0.05, 0.1) is 31.6 Å². The molecule has 1 rings (SSSR count). The molecule has 0 amide bonds. The lowest BCUT2D eigenvalue weighted by molar-refractivity contribution is 0.0497. The second-order valence-corrected chi connectivity index (χ2v) is 3.60. The Labute approximate surface area is 105 Å². The molecule has 8 nitrogen and oxygen atoms in total. The third-order valence-electron chi connectivity index (χ3n) is 2.24. The molecule has 0 saturated heterocycles. The lowest BCUT2D eigenvalue weighted by Gasteiger charge is -2.11. The topological polar surface area (TPSA) is 112 Å². The van der Waals surface area contributed by atoms with Crippen molar-refractivity contribution < 1.29 is 19.4 Å². The summed E-state index contributed by atoms with van der Waals surface area (Å²) in [5.41, 5.74) is 6.08. The van der Waals surface area contributed by atoms with E-state index in [9.17, 15) is 9.90 Å². The second-order valence-electron chi connectivity index (χ2n) is 3.60. The zero-order chi connectivity index (χ0) is 13.5. The summed E-state index contributed by atoms with van der Waals surface area (Å²) >= 11 is 0. The molecule has 18 heavy (non-hydrogen) atoms. The van der Waals surface area contributed by atoms with Gasteiger partial charge in [0.25, 0.3) is 0 Å². The van der Waals surface area contributed by atoms with E-state index in [1.807, 2.05) is 0 Å². The van der Waals surface area contributed by atoms with Crippen LogP contribution < -0.4 is 5.73 Å². The molecule has 1 unspecified atom stereocenters. The third-order valence-corrected chi connectivity index (χ3v) is 2.24. The molecule has 0 aliphatic heterocycles. The Morgan fingerprint density at radius 2 is 2.33 bits per heavy atom. The van der Waals surface area contributed by atoms with Crippen molar-refractivity contribution >= 4 is 5.97 Å². The molecule has 0 saturated carbocycles. The van der Waals surface area contributed by atoms with Crippen molar-refractivity contribution in [2.45, 2.75) is 26.1 Å². The lowest BCUT2D eigenvalue weighted by Crippen LogP contribution is -2.24. The maximum atomic E-state index is 11.6. The maximum Gasteiger partial charge on any atom is 0.360 e. The zero-order valence-electron chi connectivity index (χ0n) is 10.5. The Kier molecular flexibility index (Phi) is 5.69. The van der Waals surface area contributed by atoms with E-state index in [1.54, 1.807) is 6.92 Å². The molecule has 0 bridgehead atoms. The van der Waals surface area contributed by atoms with E-state index in [0.717, 1.165) is 0 Å². The Hall–Kier alpha value is -1.51. The van der Waals surface area contributed by atoms with Crippen LogP contribution in [0.25, 0.3) is 0 Å². The van der Waals surface area contributed by atoms with Crippen LogP contribution in [0.4, 0.5) is 0 Å². The number of ether oxygens (including phenoxy) is 2. The van der Waals surface area contributed by atoms with Crippen molar-refractivity contribution in [2.75, 3.05) is 20.3 Å². The smallest absolute Gasteiger partial charge is 0.360 e. The molecular weight excluding hydrogens is 240 g/mol. The Morgan fingerprint density at radius 1 is 1.61 bits per heavy atom. The number of methoxy groups -OCH3 is 1. The molecule has 0 aromatic carbocycles. The quantitative estimate of drug-likeness (QED) is 0.598. The predicted molar refractivity (Wildman–Crippen MR) is 61.8 cm³/mol. The van der Waals surface area contributed by atoms with Gasteiger partial charge in [0.1, 0.15) is 0 Å². The van der Waals surface area contributed by atoms with Crippen LogP contribution >= 0.6 is 0 Å². The summed E-state index contributed by atoms with van der Waals surface area (Å²) in [6, 6.07) is 0. The van der Waals surface area contributed by atoms with Gasteiger partial charge in [-0.2, -0.15) is 0 Å². The highest BCUT2D eigenvalue weighted by Gasteiger charge is 2.20. The van der Waals surface area contributed by atoms with E-state index in [0.29, 0.717) is 5.69 Å². The predicted octanol–water partition coefficient (Wildman–Crippen LogP) is -1.08. The van der Waals surface area contributed by atoms with Gasteiger partial charge in [0.2, 0.25) is 0 Å². The van der Waals surface area contributed by atoms with Gasteiger partial charge in [-0.05, 0) is 6.92 Å². The number of carbonyl (C=O) groups excluding carboxylic acids is 1. The van der Waals surface area contributed by atoms with Crippen molar-refractivity contribution in [1.82, 2.24) is 15.0 Å². The first kappa shape index (κ1) is 14.6. The second kappa shape index (κ2) is 7.04. The van der Waals surface area contributed by atoms with E-state index in [2.05, 4.69) is 10.3 Å². The van der Waals surface area contributed by atoms with E-state index in [1.165, 1.54) is 11.8 Å². The SMILES string of the molecule is CCOC(=O)c1nnn(CC(O)COC)c1CN. The number of hydrogen-bond donors (Lipinski definition) is 2. The molecule has 102 valence electrons. The van der Waals surface area contributed by atoms with Crippen LogP contribution in [0.2, 0.25) is 0 Å². The van der Waals surface area contributed by atoms with E-state index in [4.69, 9.17) is 15.2 Å². The molecule has 0 aliphatic carbocycles. The fourth-order valence-electron chi connectivity index (χ4n) is 1.48. The number of nitrogens with zero attached hydrogens (tertiary/aromatic N) is 3. The van der Waals surface area contributed by atoms with Crippen LogP contribution in [0.5, 0.6) is 0 Å². The van der Waals surface area contributed by atoms with Gasteiger partial charge in [-0.3, -0.25) is 0 Å². The fourth-order valence-corrected chi connectivity index (χ4v) is 1.48. The van der Waals surface area contributed by atoms with Crippen LogP contribution in [0.3, 0.4) is 0 Å². The highest BCUT2D eigenvalue weighted by Crippen LogP contribution is 2.07. The van der Waals surface area contributed by atoms with Gasteiger partial charge in [0.15, 0.2) is 5.69 Å². The Bertz CT molecular complexity index is 393. The molecule has 0 fully saturated rings. The summed E-state index contributed by atoms with van der Waals surface area (Å²) in [4.78, 5) is 11.6. The van der Waals surface area contributed by atoms with Crippen molar-refractivity contribution in [3.8, 4) is 0 Å². The van der Waals surface area contributed by atoms with Crippen LogP contribution in [0, 0.1) is 0 Å². The minimum atomic E-state index is -0.739. The average molecular weight is 258 g/mol. The lowest BCUT2D eigenvalue weighted by atomic mass is 10.3.